The maximum atomic E-state index is 12.9. The van der Waals surface area contributed by atoms with Gasteiger partial charge in [-0.25, -0.2) is 4.79 Å². The van der Waals surface area contributed by atoms with Crippen LogP contribution >= 0.6 is 0 Å². The number of halogens is 7. The summed E-state index contributed by atoms with van der Waals surface area (Å²) in [6.45, 7) is 2.75. The maximum absolute atomic E-state index is 12.9. The molecule has 0 aliphatic rings. The Bertz CT molecular complexity index is 446. The fourth-order valence-corrected chi connectivity index (χ4v) is 1.60. The lowest BCUT2D eigenvalue weighted by Crippen LogP contribution is -2.56. The molecule has 0 aromatic heterocycles. The minimum Gasteiger partial charge on any atom is -0.459 e. The molecule has 0 fully saturated rings. The Morgan fingerprint density at radius 2 is 1.03 bits per heavy atom. The number of rotatable bonds is 17. The van der Waals surface area contributed by atoms with Crippen molar-refractivity contribution in [1.29, 1.82) is 0 Å². The van der Waals surface area contributed by atoms with Gasteiger partial charge in [-0.1, -0.05) is 13.3 Å². The molecular formula is C16H25F7O6. The van der Waals surface area contributed by atoms with E-state index >= 15 is 0 Å². The van der Waals surface area contributed by atoms with Gasteiger partial charge in [0.05, 0.1) is 46.2 Å². The molecular weight excluding hydrogens is 421 g/mol. The van der Waals surface area contributed by atoms with Crippen LogP contribution in [0.3, 0.4) is 0 Å². The highest BCUT2D eigenvalue weighted by molar-refractivity contribution is 5.79. The number of unbranched alkanes of at least 4 members (excludes halogenated alkanes) is 1. The Hall–Kier alpha value is -1.18. The monoisotopic (exact) mass is 446 g/mol. The molecule has 13 heteroatoms. The summed E-state index contributed by atoms with van der Waals surface area (Å²) in [5.41, 5.74) is 0. The molecule has 0 saturated carbocycles. The van der Waals surface area contributed by atoms with E-state index in [0.717, 1.165) is 12.8 Å². The van der Waals surface area contributed by atoms with Gasteiger partial charge in [0.15, 0.2) is 0 Å². The minimum absolute atomic E-state index is 0.0488. The standard InChI is InChI=1S/C16H25F7O6/c1-2-3-4-25-5-6-26-7-8-27-9-10-28-11-12-29-13(24)14(17,18)15(19,20)16(21,22)23/h2-12H2,1H3. The van der Waals surface area contributed by atoms with E-state index in [4.69, 9.17) is 18.9 Å². The first-order valence-corrected chi connectivity index (χ1v) is 8.79. The Balaban J connectivity index is 3.67. The molecule has 6 nitrogen and oxygen atoms in total. The summed E-state index contributed by atoms with van der Waals surface area (Å²) in [4.78, 5) is 10.8. The van der Waals surface area contributed by atoms with Crippen molar-refractivity contribution in [1.82, 2.24) is 0 Å². The third-order valence-corrected chi connectivity index (χ3v) is 3.23. The average Bonchev–Trinajstić information content (AvgIpc) is 2.63. The molecule has 0 radical (unpaired) electrons. The van der Waals surface area contributed by atoms with Crippen molar-refractivity contribution in [3.8, 4) is 0 Å². The molecule has 0 amide bonds. The molecule has 0 heterocycles. The van der Waals surface area contributed by atoms with Gasteiger partial charge < -0.3 is 23.7 Å². The van der Waals surface area contributed by atoms with E-state index in [1.54, 1.807) is 0 Å². The SMILES string of the molecule is CCCCOCCOCCOCCOCCOC(=O)C(F)(F)C(F)(F)C(F)(F)F. The Morgan fingerprint density at radius 3 is 1.41 bits per heavy atom. The molecule has 0 unspecified atom stereocenters. The van der Waals surface area contributed by atoms with E-state index in [1.807, 2.05) is 6.92 Å². The van der Waals surface area contributed by atoms with Gasteiger partial charge in [0, 0.05) is 6.61 Å². The lowest BCUT2D eigenvalue weighted by molar-refractivity contribution is -0.348. The van der Waals surface area contributed by atoms with Crippen LogP contribution in [0.1, 0.15) is 19.8 Å². The lowest BCUT2D eigenvalue weighted by atomic mass is 10.1. The van der Waals surface area contributed by atoms with Crippen LogP contribution in [0.15, 0.2) is 0 Å². The molecule has 0 aromatic rings. The van der Waals surface area contributed by atoms with E-state index in [-0.39, 0.29) is 19.8 Å². The predicted octanol–water partition coefficient (Wildman–Crippen LogP) is 3.23. The van der Waals surface area contributed by atoms with E-state index < -0.39 is 37.2 Å². The quantitative estimate of drug-likeness (QED) is 0.194. The second-order valence-corrected chi connectivity index (χ2v) is 5.59. The largest absolute Gasteiger partial charge is 0.460 e. The Morgan fingerprint density at radius 1 is 0.655 bits per heavy atom. The summed E-state index contributed by atoms with van der Waals surface area (Å²) < 4.78 is 111. The van der Waals surface area contributed by atoms with Gasteiger partial charge in [0.2, 0.25) is 0 Å². The fraction of sp³-hybridized carbons (Fsp3) is 0.938. The maximum Gasteiger partial charge on any atom is 0.460 e. The number of carbonyl (C=O) groups excluding carboxylic acids is 1. The predicted molar refractivity (Wildman–Crippen MR) is 85.1 cm³/mol. The first-order valence-electron chi connectivity index (χ1n) is 8.79. The van der Waals surface area contributed by atoms with Gasteiger partial charge in [0.25, 0.3) is 0 Å². The third kappa shape index (κ3) is 10.4. The molecule has 29 heavy (non-hydrogen) atoms. The molecule has 0 N–H and O–H groups in total. The average molecular weight is 446 g/mol. The zero-order valence-corrected chi connectivity index (χ0v) is 15.9. The van der Waals surface area contributed by atoms with Crippen molar-refractivity contribution in [2.24, 2.45) is 0 Å². The number of carbonyl (C=O) groups is 1. The summed E-state index contributed by atoms with van der Waals surface area (Å²) >= 11 is 0. The molecule has 174 valence electrons. The van der Waals surface area contributed by atoms with Gasteiger partial charge >= 0.3 is 24.0 Å². The van der Waals surface area contributed by atoms with Crippen LogP contribution in [0.25, 0.3) is 0 Å². The van der Waals surface area contributed by atoms with Crippen molar-refractivity contribution in [3.63, 3.8) is 0 Å². The number of esters is 1. The Kier molecular flexibility index (Phi) is 13.4. The smallest absolute Gasteiger partial charge is 0.459 e. The van der Waals surface area contributed by atoms with Crippen LogP contribution in [-0.2, 0) is 28.5 Å². The van der Waals surface area contributed by atoms with Crippen LogP contribution < -0.4 is 0 Å². The van der Waals surface area contributed by atoms with Gasteiger partial charge in [-0.2, -0.15) is 30.7 Å². The topological polar surface area (TPSA) is 63.2 Å². The first-order chi connectivity index (χ1) is 13.5. The third-order valence-electron chi connectivity index (χ3n) is 3.23. The summed E-state index contributed by atoms with van der Waals surface area (Å²) in [7, 11) is 0. The van der Waals surface area contributed by atoms with Crippen molar-refractivity contribution in [2.75, 3.05) is 59.5 Å². The molecule has 0 rings (SSSR count). The molecule has 0 saturated heterocycles. The molecule has 0 bridgehead atoms. The zero-order chi connectivity index (χ0) is 22.4. The van der Waals surface area contributed by atoms with E-state index in [2.05, 4.69) is 4.74 Å². The van der Waals surface area contributed by atoms with E-state index in [0.29, 0.717) is 26.4 Å². The fourth-order valence-electron chi connectivity index (χ4n) is 1.60. The molecule has 0 aliphatic carbocycles. The summed E-state index contributed by atoms with van der Waals surface area (Å²) in [6.07, 6.45) is -4.58. The van der Waals surface area contributed by atoms with Gasteiger partial charge in [-0.05, 0) is 6.42 Å². The zero-order valence-electron chi connectivity index (χ0n) is 15.9. The van der Waals surface area contributed by atoms with Gasteiger partial charge in [-0.3, -0.25) is 0 Å². The molecule has 0 atom stereocenters. The van der Waals surface area contributed by atoms with Crippen molar-refractivity contribution >= 4 is 5.97 Å². The highest BCUT2D eigenvalue weighted by Gasteiger charge is 2.77. The lowest BCUT2D eigenvalue weighted by Gasteiger charge is -2.26. The Labute approximate surface area is 163 Å². The number of hydrogen-bond acceptors (Lipinski definition) is 6. The second kappa shape index (κ2) is 13.9. The molecule has 0 aromatic carbocycles. The number of ether oxygens (including phenoxy) is 5. The minimum atomic E-state index is -6.60. The molecule has 0 spiro atoms. The second-order valence-electron chi connectivity index (χ2n) is 5.59. The van der Waals surface area contributed by atoms with Crippen LogP contribution in [0.2, 0.25) is 0 Å². The van der Waals surface area contributed by atoms with Crippen LogP contribution in [0, 0.1) is 0 Å². The number of alkyl halides is 7. The summed E-state index contributed by atoms with van der Waals surface area (Å²) in [5, 5.41) is 0. The van der Waals surface area contributed by atoms with Gasteiger partial charge in [0.1, 0.15) is 6.61 Å². The van der Waals surface area contributed by atoms with Crippen molar-refractivity contribution in [2.45, 2.75) is 37.8 Å². The van der Waals surface area contributed by atoms with Gasteiger partial charge in [-0.15, -0.1) is 0 Å². The van der Waals surface area contributed by atoms with Crippen LogP contribution in [0.5, 0.6) is 0 Å². The normalized spacial score (nSPS) is 13.0. The van der Waals surface area contributed by atoms with Crippen LogP contribution in [0.4, 0.5) is 30.7 Å². The summed E-state index contributed by atoms with van der Waals surface area (Å²) in [6, 6.07) is 0. The van der Waals surface area contributed by atoms with E-state index in [9.17, 15) is 35.5 Å². The summed E-state index contributed by atoms with van der Waals surface area (Å²) in [5.74, 6) is -15.6. The highest BCUT2D eigenvalue weighted by atomic mass is 19.4. The van der Waals surface area contributed by atoms with E-state index in [1.165, 1.54) is 0 Å². The molecule has 0 aliphatic heterocycles. The first kappa shape index (κ1) is 27.8. The highest BCUT2D eigenvalue weighted by Crippen LogP contribution is 2.46. The van der Waals surface area contributed by atoms with Crippen LogP contribution in [-0.4, -0.2) is 83.5 Å². The number of hydrogen-bond donors (Lipinski definition) is 0. The van der Waals surface area contributed by atoms with Crippen molar-refractivity contribution < 1.29 is 59.2 Å². The van der Waals surface area contributed by atoms with Crippen molar-refractivity contribution in [3.05, 3.63) is 0 Å².